The highest BCUT2D eigenvalue weighted by atomic mass is 19.4. The molecule has 1 aliphatic heterocycles. The molecule has 0 radical (unpaired) electrons. The highest BCUT2D eigenvalue weighted by molar-refractivity contribution is 5.87. The Bertz CT molecular complexity index is 991. The zero-order valence-corrected chi connectivity index (χ0v) is 18.0. The lowest BCUT2D eigenvalue weighted by atomic mass is 10.0. The smallest absolute Gasteiger partial charge is 0.488 e. The molecule has 0 unspecified atom stereocenters. The summed E-state index contributed by atoms with van der Waals surface area (Å²) in [6.45, 7) is 5.32. The Morgan fingerprint density at radius 1 is 1.16 bits per heavy atom. The number of carbonyl (C=O) groups excluding carboxylic acids is 2. The first kappa shape index (κ1) is 23.4. The second kappa shape index (κ2) is 9.50. The first-order valence-electron chi connectivity index (χ1n) is 10.2. The average Bonchev–Trinajstić information content (AvgIpc) is 3.11. The maximum absolute atomic E-state index is 12.5. The van der Waals surface area contributed by atoms with Gasteiger partial charge in [0, 0.05) is 13.3 Å². The van der Waals surface area contributed by atoms with Crippen molar-refractivity contribution in [3.05, 3.63) is 48.0 Å². The monoisotopic (exact) mass is 450 g/mol. The number of nitrogens with one attached hydrogen (secondary N) is 2. The number of ether oxygens (including phenoxy) is 2. The van der Waals surface area contributed by atoms with E-state index in [4.69, 9.17) is 4.74 Å². The van der Waals surface area contributed by atoms with Crippen molar-refractivity contribution in [2.75, 3.05) is 6.54 Å². The molecule has 0 fully saturated rings. The molecule has 0 saturated heterocycles. The minimum absolute atomic E-state index is 0.0692. The van der Waals surface area contributed by atoms with Crippen LogP contribution in [0.5, 0.6) is 11.5 Å². The molecule has 172 valence electrons. The summed E-state index contributed by atoms with van der Waals surface area (Å²) >= 11 is 0. The fourth-order valence-corrected chi connectivity index (χ4v) is 3.56. The van der Waals surface area contributed by atoms with Crippen LogP contribution in [0.25, 0.3) is 11.1 Å². The molecule has 9 heteroatoms. The summed E-state index contributed by atoms with van der Waals surface area (Å²) in [5, 5.41) is 5.46. The minimum Gasteiger partial charge on any atom is -0.488 e. The quantitative estimate of drug-likeness (QED) is 0.672. The average molecular weight is 450 g/mol. The van der Waals surface area contributed by atoms with E-state index in [0.717, 1.165) is 11.1 Å². The highest BCUT2D eigenvalue weighted by Gasteiger charge is 2.31. The summed E-state index contributed by atoms with van der Waals surface area (Å²) in [4.78, 5) is 23.8. The van der Waals surface area contributed by atoms with Gasteiger partial charge in [-0.25, -0.2) is 0 Å². The number of benzene rings is 2. The lowest BCUT2D eigenvalue weighted by molar-refractivity contribution is -0.274. The molecule has 32 heavy (non-hydrogen) atoms. The summed E-state index contributed by atoms with van der Waals surface area (Å²) in [5.74, 6) is -0.248. The number of hydrogen-bond donors (Lipinski definition) is 2. The van der Waals surface area contributed by atoms with Crippen molar-refractivity contribution in [3.8, 4) is 22.6 Å². The van der Waals surface area contributed by atoms with Gasteiger partial charge in [-0.2, -0.15) is 0 Å². The van der Waals surface area contributed by atoms with Gasteiger partial charge in [0.25, 0.3) is 0 Å². The van der Waals surface area contributed by atoms with Gasteiger partial charge in [0.1, 0.15) is 23.6 Å². The molecule has 2 N–H and O–H groups in total. The summed E-state index contributed by atoms with van der Waals surface area (Å²) in [6, 6.07) is 10.5. The standard InChI is InChI=1S/C23H25F3N2O4/c1-13(2)21(28-14(3)29)22(30)27-12-19-11-17-9-16(7-8-20(17)31-19)15-5-4-6-18(10-15)32-23(24,25)26/h4-10,13,19,21H,11-12H2,1-3H3,(H,27,30)(H,28,29)/t19-,21-/m1/s1. The van der Waals surface area contributed by atoms with Gasteiger partial charge >= 0.3 is 6.36 Å². The Hall–Kier alpha value is -3.23. The van der Waals surface area contributed by atoms with Crippen LogP contribution < -0.4 is 20.1 Å². The van der Waals surface area contributed by atoms with Crippen LogP contribution in [-0.4, -0.2) is 36.9 Å². The van der Waals surface area contributed by atoms with E-state index in [9.17, 15) is 22.8 Å². The lowest BCUT2D eigenvalue weighted by Crippen LogP contribution is -2.50. The van der Waals surface area contributed by atoms with Gasteiger partial charge < -0.3 is 20.1 Å². The van der Waals surface area contributed by atoms with Gasteiger partial charge in [0.05, 0.1) is 6.54 Å². The fourth-order valence-electron chi connectivity index (χ4n) is 3.56. The number of carbonyl (C=O) groups is 2. The Labute approximate surface area is 184 Å². The largest absolute Gasteiger partial charge is 0.573 e. The van der Waals surface area contributed by atoms with E-state index >= 15 is 0 Å². The second-order valence-electron chi connectivity index (χ2n) is 8.01. The SMILES string of the molecule is CC(=O)N[C@@H](C(=O)NC[C@H]1Cc2cc(-c3cccc(OC(F)(F)F)c3)ccc2O1)C(C)C. The molecule has 2 aromatic carbocycles. The van der Waals surface area contributed by atoms with E-state index in [0.29, 0.717) is 17.7 Å². The van der Waals surface area contributed by atoms with Crippen LogP contribution >= 0.6 is 0 Å². The molecule has 6 nitrogen and oxygen atoms in total. The number of amides is 2. The zero-order valence-electron chi connectivity index (χ0n) is 18.0. The molecule has 2 amide bonds. The van der Waals surface area contributed by atoms with Crippen molar-refractivity contribution in [2.45, 2.75) is 45.7 Å². The van der Waals surface area contributed by atoms with Crippen LogP contribution in [0.2, 0.25) is 0 Å². The van der Waals surface area contributed by atoms with E-state index in [-0.39, 0.29) is 36.1 Å². The maximum Gasteiger partial charge on any atom is 0.573 e. The van der Waals surface area contributed by atoms with Crippen LogP contribution in [0, 0.1) is 5.92 Å². The minimum atomic E-state index is -4.75. The maximum atomic E-state index is 12.5. The fraction of sp³-hybridized carbons (Fsp3) is 0.391. The third kappa shape index (κ3) is 6.15. The number of fused-ring (bicyclic) bond motifs is 1. The molecular formula is C23H25F3N2O4. The molecule has 1 aliphatic rings. The Morgan fingerprint density at radius 3 is 2.53 bits per heavy atom. The normalized spacial score (nSPS) is 16.2. The third-order valence-electron chi connectivity index (χ3n) is 5.01. The predicted molar refractivity (Wildman–Crippen MR) is 112 cm³/mol. The Morgan fingerprint density at radius 2 is 1.88 bits per heavy atom. The number of hydrogen-bond acceptors (Lipinski definition) is 4. The molecular weight excluding hydrogens is 425 g/mol. The van der Waals surface area contributed by atoms with Crippen molar-refractivity contribution in [1.82, 2.24) is 10.6 Å². The van der Waals surface area contributed by atoms with Crippen LogP contribution in [0.4, 0.5) is 13.2 Å². The first-order chi connectivity index (χ1) is 15.0. The zero-order chi connectivity index (χ0) is 23.5. The van der Waals surface area contributed by atoms with Gasteiger partial charge in [0.2, 0.25) is 11.8 Å². The Balaban J connectivity index is 1.64. The molecule has 0 aliphatic carbocycles. The van der Waals surface area contributed by atoms with Crippen molar-refractivity contribution in [3.63, 3.8) is 0 Å². The van der Waals surface area contributed by atoms with Gasteiger partial charge in [-0.15, -0.1) is 13.2 Å². The molecule has 0 spiro atoms. The summed E-state index contributed by atoms with van der Waals surface area (Å²) in [5.41, 5.74) is 2.21. The van der Waals surface area contributed by atoms with E-state index in [1.54, 1.807) is 18.2 Å². The van der Waals surface area contributed by atoms with Gasteiger partial charge in [-0.05, 0) is 46.9 Å². The lowest BCUT2D eigenvalue weighted by Gasteiger charge is -2.22. The van der Waals surface area contributed by atoms with Crippen LogP contribution in [-0.2, 0) is 16.0 Å². The van der Waals surface area contributed by atoms with E-state index in [1.165, 1.54) is 25.1 Å². The van der Waals surface area contributed by atoms with Gasteiger partial charge in [-0.3, -0.25) is 9.59 Å². The van der Waals surface area contributed by atoms with E-state index in [1.807, 2.05) is 19.9 Å². The number of halogens is 3. The van der Waals surface area contributed by atoms with Crippen molar-refractivity contribution in [1.29, 1.82) is 0 Å². The molecule has 2 aromatic rings. The van der Waals surface area contributed by atoms with Crippen LogP contribution in [0.15, 0.2) is 42.5 Å². The van der Waals surface area contributed by atoms with Crippen molar-refractivity contribution < 1.29 is 32.2 Å². The molecule has 0 bridgehead atoms. The predicted octanol–water partition coefficient (Wildman–Crippen LogP) is 3.83. The first-order valence-corrected chi connectivity index (χ1v) is 10.2. The molecule has 2 atom stereocenters. The van der Waals surface area contributed by atoms with Crippen molar-refractivity contribution in [2.24, 2.45) is 5.92 Å². The van der Waals surface area contributed by atoms with Crippen LogP contribution in [0.1, 0.15) is 26.3 Å². The van der Waals surface area contributed by atoms with E-state index in [2.05, 4.69) is 15.4 Å². The number of rotatable bonds is 7. The van der Waals surface area contributed by atoms with Crippen LogP contribution in [0.3, 0.4) is 0 Å². The highest BCUT2D eigenvalue weighted by Crippen LogP contribution is 2.34. The molecule has 3 rings (SSSR count). The topological polar surface area (TPSA) is 76.7 Å². The summed E-state index contributed by atoms with van der Waals surface area (Å²) in [7, 11) is 0. The summed E-state index contributed by atoms with van der Waals surface area (Å²) in [6.07, 6.45) is -4.50. The second-order valence-corrected chi connectivity index (χ2v) is 8.01. The van der Waals surface area contributed by atoms with Gasteiger partial charge in [0.15, 0.2) is 0 Å². The molecule has 1 heterocycles. The van der Waals surface area contributed by atoms with E-state index < -0.39 is 12.4 Å². The van der Waals surface area contributed by atoms with Gasteiger partial charge in [-0.1, -0.05) is 32.0 Å². The van der Waals surface area contributed by atoms with Crippen molar-refractivity contribution >= 4 is 11.8 Å². The summed E-state index contributed by atoms with van der Waals surface area (Å²) < 4.78 is 47.4. The molecule has 0 saturated carbocycles. The Kier molecular flexibility index (Phi) is 6.96. The number of alkyl halides is 3. The molecule has 0 aromatic heterocycles. The third-order valence-corrected chi connectivity index (χ3v) is 5.01.